The maximum absolute atomic E-state index is 14.1. The van der Waals surface area contributed by atoms with Crippen molar-refractivity contribution in [1.29, 1.82) is 5.26 Å². The molecule has 0 aliphatic carbocycles. The Balaban J connectivity index is 1.73. The normalized spacial score (nSPS) is 20.9. The molecule has 0 amide bonds. The van der Waals surface area contributed by atoms with Crippen molar-refractivity contribution in [3.63, 3.8) is 0 Å². The van der Waals surface area contributed by atoms with E-state index in [-0.39, 0.29) is 36.1 Å². The summed E-state index contributed by atoms with van der Waals surface area (Å²) in [6, 6.07) is 11.4. The molecule has 1 aliphatic rings. The first kappa shape index (κ1) is 24.6. The predicted octanol–water partition coefficient (Wildman–Crippen LogP) is 3.51. The van der Waals surface area contributed by atoms with Gasteiger partial charge >= 0.3 is 5.97 Å². The van der Waals surface area contributed by atoms with Crippen LogP contribution < -0.4 is 4.74 Å². The molecule has 0 saturated carbocycles. The van der Waals surface area contributed by atoms with Crippen LogP contribution in [0.3, 0.4) is 0 Å². The number of carboxylic acids is 1. The fraction of sp³-hybridized carbons (Fsp3) is 0.375. The summed E-state index contributed by atoms with van der Waals surface area (Å²) in [5.41, 5.74) is -0.802. The highest BCUT2D eigenvalue weighted by Gasteiger charge is 2.50. The van der Waals surface area contributed by atoms with Gasteiger partial charge in [-0.3, -0.25) is 9.48 Å². The number of carbonyl (C=O) groups is 1. The van der Waals surface area contributed by atoms with Gasteiger partial charge in [-0.2, -0.15) is 14.7 Å². The fourth-order valence-corrected chi connectivity index (χ4v) is 6.21. The molecule has 35 heavy (non-hydrogen) atoms. The summed E-state index contributed by atoms with van der Waals surface area (Å²) < 4.78 is 49.3. The number of nitriles is 1. The van der Waals surface area contributed by atoms with Gasteiger partial charge in [0, 0.05) is 18.4 Å². The Kier molecular flexibility index (Phi) is 6.29. The van der Waals surface area contributed by atoms with E-state index in [9.17, 15) is 28.0 Å². The van der Waals surface area contributed by atoms with Gasteiger partial charge in [-0.25, -0.2) is 12.8 Å². The molecule has 2 heterocycles. The summed E-state index contributed by atoms with van der Waals surface area (Å²) in [6.07, 6.45) is -0.347. The van der Waals surface area contributed by atoms with Crippen molar-refractivity contribution in [2.45, 2.75) is 56.2 Å². The second kappa shape index (κ2) is 8.94. The van der Waals surface area contributed by atoms with E-state index >= 15 is 0 Å². The molecule has 11 heteroatoms. The number of rotatable bonds is 7. The number of hydrogen-bond acceptors (Lipinski definition) is 6. The van der Waals surface area contributed by atoms with Crippen molar-refractivity contribution in [2.24, 2.45) is 0 Å². The van der Waals surface area contributed by atoms with Crippen molar-refractivity contribution >= 4 is 26.9 Å². The molecule has 0 spiro atoms. The minimum atomic E-state index is -4.07. The van der Waals surface area contributed by atoms with E-state index in [1.807, 2.05) is 13.8 Å². The van der Waals surface area contributed by atoms with Gasteiger partial charge in [0.2, 0.25) is 10.0 Å². The first-order chi connectivity index (χ1) is 16.4. The van der Waals surface area contributed by atoms with Gasteiger partial charge in [0.15, 0.2) is 0 Å². The molecule has 1 aliphatic heterocycles. The zero-order valence-corrected chi connectivity index (χ0v) is 20.3. The van der Waals surface area contributed by atoms with E-state index in [0.29, 0.717) is 16.7 Å². The third kappa shape index (κ3) is 4.59. The van der Waals surface area contributed by atoms with Crippen LogP contribution in [0, 0.1) is 17.1 Å². The molecule has 9 nitrogen and oxygen atoms in total. The zero-order valence-electron chi connectivity index (χ0n) is 19.5. The van der Waals surface area contributed by atoms with Crippen LogP contribution in [0.25, 0.3) is 10.9 Å². The van der Waals surface area contributed by atoms with E-state index < -0.39 is 33.4 Å². The van der Waals surface area contributed by atoms with Gasteiger partial charge in [-0.15, -0.1) is 0 Å². The van der Waals surface area contributed by atoms with Crippen LogP contribution in [0.4, 0.5) is 4.39 Å². The Morgan fingerprint density at radius 2 is 2.00 bits per heavy atom. The molecule has 1 aromatic heterocycles. The number of nitrogens with zero attached hydrogens (tertiary/aromatic N) is 4. The SMILES string of the molecule is CC(C)Oc1ccc(S(=O)(=O)N2C[C@H](n3nc(CC(=O)O)c4ccc(F)cc43)C[C@]2(C)C#N)cc1. The monoisotopic (exact) mass is 500 g/mol. The van der Waals surface area contributed by atoms with Gasteiger partial charge in [-0.05, 0) is 63.2 Å². The van der Waals surface area contributed by atoms with Gasteiger partial charge in [0.25, 0.3) is 0 Å². The fourth-order valence-electron chi connectivity index (χ4n) is 4.46. The minimum Gasteiger partial charge on any atom is -0.491 e. The topological polar surface area (TPSA) is 126 Å². The van der Waals surface area contributed by atoms with E-state index in [2.05, 4.69) is 11.2 Å². The molecule has 4 rings (SSSR count). The molecule has 1 saturated heterocycles. The highest BCUT2D eigenvalue weighted by atomic mass is 32.2. The van der Waals surface area contributed by atoms with Crippen molar-refractivity contribution in [2.75, 3.05) is 6.54 Å². The van der Waals surface area contributed by atoms with Gasteiger partial charge in [0.05, 0.1) is 40.7 Å². The summed E-state index contributed by atoms with van der Waals surface area (Å²) in [5, 5.41) is 24.1. The highest BCUT2D eigenvalue weighted by Crippen LogP contribution is 2.41. The molecule has 2 atom stereocenters. The molecular formula is C24H25FN4O5S. The zero-order chi connectivity index (χ0) is 25.5. The largest absolute Gasteiger partial charge is 0.491 e. The Hall–Kier alpha value is -3.49. The van der Waals surface area contributed by atoms with Gasteiger partial charge in [0.1, 0.15) is 17.1 Å². The Bertz CT molecular complexity index is 1430. The molecule has 0 radical (unpaired) electrons. The number of carboxylic acid groups (broad SMARTS) is 1. The van der Waals surface area contributed by atoms with Crippen LogP contribution in [-0.2, 0) is 21.2 Å². The van der Waals surface area contributed by atoms with Crippen LogP contribution in [-0.4, -0.2) is 51.8 Å². The predicted molar refractivity (Wildman–Crippen MR) is 125 cm³/mol. The Labute approximate surface area is 202 Å². The summed E-state index contributed by atoms with van der Waals surface area (Å²) in [4.78, 5) is 11.3. The first-order valence-electron chi connectivity index (χ1n) is 11.0. The van der Waals surface area contributed by atoms with Crippen molar-refractivity contribution in [3.8, 4) is 11.8 Å². The van der Waals surface area contributed by atoms with Crippen molar-refractivity contribution < 1.29 is 27.4 Å². The summed E-state index contributed by atoms with van der Waals surface area (Å²) >= 11 is 0. The van der Waals surface area contributed by atoms with Crippen molar-refractivity contribution in [3.05, 3.63) is 54.0 Å². The molecule has 1 N–H and O–H groups in total. The number of ether oxygens (including phenoxy) is 1. The Morgan fingerprint density at radius 3 is 2.60 bits per heavy atom. The van der Waals surface area contributed by atoms with E-state index in [4.69, 9.17) is 4.74 Å². The second-order valence-electron chi connectivity index (χ2n) is 9.04. The van der Waals surface area contributed by atoms with Crippen LogP contribution in [0.1, 0.15) is 38.9 Å². The lowest BCUT2D eigenvalue weighted by Crippen LogP contribution is -2.43. The first-order valence-corrected chi connectivity index (χ1v) is 12.5. The molecule has 0 bridgehead atoms. The summed E-state index contributed by atoms with van der Waals surface area (Å²) in [6.45, 7) is 5.17. The second-order valence-corrected chi connectivity index (χ2v) is 10.9. The molecule has 3 aromatic rings. The standard InChI is InChI=1S/C24H25FN4O5S/c1-15(2)34-18-5-7-19(8-6-18)35(32,33)28-13-17(12-24(28,3)14-26)29-22-10-16(25)4-9-20(22)21(27-29)11-23(30)31/h4-10,15,17H,11-13H2,1-3H3,(H,30,31)/t17-,24-/m1/s1. The third-order valence-electron chi connectivity index (χ3n) is 5.99. The molecule has 0 unspecified atom stereocenters. The smallest absolute Gasteiger partial charge is 0.309 e. The van der Waals surface area contributed by atoms with E-state index in [1.54, 1.807) is 12.1 Å². The van der Waals surface area contributed by atoms with Crippen LogP contribution in [0.5, 0.6) is 5.75 Å². The lowest BCUT2D eigenvalue weighted by Gasteiger charge is -2.27. The molecule has 2 aromatic carbocycles. The number of aromatic nitrogens is 2. The quantitative estimate of drug-likeness (QED) is 0.526. The highest BCUT2D eigenvalue weighted by molar-refractivity contribution is 7.89. The van der Waals surface area contributed by atoms with Gasteiger partial charge < -0.3 is 9.84 Å². The van der Waals surface area contributed by atoms with Crippen molar-refractivity contribution in [1.82, 2.24) is 14.1 Å². The average molecular weight is 501 g/mol. The lowest BCUT2D eigenvalue weighted by molar-refractivity contribution is -0.136. The Morgan fingerprint density at radius 1 is 1.31 bits per heavy atom. The summed E-state index contributed by atoms with van der Waals surface area (Å²) in [7, 11) is -4.07. The third-order valence-corrected chi connectivity index (χ3v) is 8.00. The number of hydrogen-bond donors (Lipinski definition) is 1. The summed E-state index contributed by atoms with van der Waals surface area (Å²) in [5.74, 6) is -1.10. The minimum absolute atomic E-state index is 0.0127. The number of sulfonamides is 1. The molecule has 1 fully saturated rings. The number of halogens is 1. The maximum Gasteiger partial charge on any atom is 0.309 e. The average Bonchev–Trinajstić information content (AvgIpc) is 3.31. The van der Waals surface area contributed by atoms with E-state index in [1.165, 1.54) is 41.9 Å². The number of benzene rings is 2. The van der Waals surface area contributed by atoms with E-state index in [0.717, 1.165) is 4.31 Å². The number of aliphatic carboxylic acids is 1. The van der Waals surface area contributed by atoms with Gasteiger partial charge in [-0.1, -0.05) is 0 Å². The lowest BCUT2D eigenvalue weighted by atomic mass is 10.0. The molecular weight excluding hydrogens is 475 g/mol. The molecule has 184 valence electrons. The van der Waals surface area contributed by atoms with Crippen LogP contribution >= 0.6 is 0 Å². The number of fused-ring (bicyclic) bond motifs is 1. The van der Waals surface area contributed by atoms with Crippen LogP contribution in [0.2, 0.25) is 0 Å². The van der Waals surface area contributed by atoms with Crippen LogP contribution in [0.15, 0.2) is 47.4 Å². The maximum atomic E-state index is 14.1.